The van der Waals surface area contributed by atoms with Crippen LogP contribution >= 0.6 is 0 Å². The first-order chi connectivity index (χ1) is 13.1. The molecular weight excluding hydrogens is 388 g/mol. The zero-order valence-corrected chi connectivity index (χ0v) is 17.4. The monoisotopic (exact) mass is 415 g/mol. The third-order valence-corrected chi connectivity index (χ3v) is 3.55. The Morgan fingerprint density at radius 1 is 1.00 bits per heavy atom. The SMILES string of the molecule is OC[C@@H](O)[C@@H](O)[C@H](O)[C@H](O)CO.[2H]OC(=O)[C@@H](N)Cc1ccc(B(O)O)cc1.[Na]. The summed E-state index contributed by atoms with van der Waals surface area (Å²) >= 11 is 0. The fourth-order valence-electron chi connectivity index (χ4n) is 1.83. The Hall–Kier alpha value is -0.605. The summed E-state index contributed by atoms with van der Waals surface area (Å²) in [6, 6.07) is 5.43. The third kappa shape index (κ3) is 10.8. The molecule has 155 valence electrons. The van der Waals surface area contributed by atoms with E-state index in [9.17, 15) is 4.79 Å². The molecule has 0 fully saturated rings. The average molecular weight is 415 g/mol. The standard InChI is InChI=1S/C9H12BNO4.C6H14O6.Na/c11-8(9(12)13)5-6-1-3-7(4-2-6)10(14)15;7-1-3(9)5(11)6(12)4(10)2-8;/h1-4,8,14-15H,5,11H2,(H,12,13);3-12H,1-2H2;/t8-;3-,4-,5-,6-;/m01./s1/i/hD. The first-order valence-corrected chi connectivity index (χ1v) is 7.90. The minimum absolute atomic E-state index is 0. The van der Waals surface area contributed by atoms with Crippen LogP contribution in [0, 0.1) is 0 Å². The van der Waals surface area contributed by atoms with E-state index in [0.29, 0.717) is 5.46 Å². The van der Waals surface area contributed by atoms with E-state index in [1.165, 1.54) is 12.1 Å². The Morgan fingerprint density at radius 2 is 1.43 bits per heavy atom. The Labute approximate surface area is 185 Å². The molecule has 0 unspecified atom stereocenters. The van der Waals surface area contributed by atoms with Crippen LogP contribution in [0.2, 0.25) is 0 Å². The van der Waals surface area contributed by atoms with Crippen LogP contribution in [-0.2, 0) is 11.2 Å². The molecule has 0 bridgehead atoms. The van der Waals surface area contributed by atoms with Crippen molar-refractivity contribution < 1.29 is 50.6 Å². The molecule has 0 heterocycles. The fourth-order valence-corrected chi connectivity index (χ4v) is 1.83. The maximum Gasteiger partial charge on any atom is 0.488 e. The van der Waals surface area contributed by atoms with Crippen LogP contribution in [0.25, 0.3) is 1.43 Å². The molecule has 1 aromatic carbocycles. The molecule has 0 saturated carbocycles. The number of hydrogen-bond donors (Lipinski definition) is 10. The molecule has 0 saturated heterocycles. The van der Waals surface area contributed by atoms with Crippen LogP contribution in [0.1, 0.15) is 5.56 Å². The quantitative estimate of drug-likeness (QED) is 0.171. The van der Waals surface area contributed by atoms with E-state index in [0.717, 1.165) is 5.56 Å². The maximum absolute atomic E-state index is 10.9. The Bertz CT molecular complexity index is 557. The van der Waals surface area contributed by atoms with Gasteiger partial charge < -0.3 is 51.5 Å². The van der Waals surface area contributed by atoms with Crippen molar-refractivity contribution in [3.63, 3.8) is 0 Å². The third-order valence-electron chi connectivity index (χ3n) is 3.55. The molecule has 1 radical (unpaired) electrons. The summed E-state index contributed by atoms with van der Waals surface area (Å²) in [5, 5.41) is 73.6. The molecular formula is C15H26BNNaO10. The van der Waals surface area contributed by atoms with E-state index in [1.807, 2.05) is 0 Å². The number of aliphatic carboxylic acids is 1. The zero-order valence-electron chi connectivity index (χ0n) is 16.4. The molecule has 28 heavy (non-hydrogen) atoms. The number of hydrogen-bond acceptors (Lipinski definition) is 11. The van der Waals surface area contributed by atoms with Gasteiger partial charge in [-0.05, 0) is 17.4 Å². The largest absolute Gasteiger partial charge is 0.488 e. The van der Waals surface area contributed by atoms with Crippen LogP contribution in [-0.4, -0.2) is 132 Å². The smallest absolute Gasteiger partial charge is 0.480 e. The number of carbonyl (C=O) groups is 1. The molecule has 0 spiro atoms. The summed E-state index contributed by atoms with van der Waals surface area (Å²) in [5.74, 6) is -0.800. The van der Waals surface area contributed by atoms with Crippen molar-refractivity contribution in [2.75, 3.05) is 13.2 Å². The number of carboxylic acid groups (broad SMARTS) is 1. The summed E-state index contributed by atoms with van der Waals surface area (Å²) in [5.41, 5.74) is 6.58. The molecule has 0 aromatic heterocycles. The summed E-state index contributed by atoms with van der Waals surface area (Å²) in [6.45, 7) is -1.45. The van der Waals surface area contributed by atoms with Gasteiger partial charge in [0.2, 0.25) is 0 Å². The van der Waals surface area contributed by atoms with Crippen LogP contribution in [0.5, 0.6) is 0 Å². The molecule has 5 atom stereocenters. The number of rotatable bonds is 9. The summed E-state index contributed by atoms with van der Waals surface area (Å²) in [4.78, 5) is 10.9. The summed E-state index contributed by atoms with van der Waals surface area (Å²) < 4.78 is 6.40. The van der Waals surface area contributed by atoms with Crippen LogP contribution in [0.3, 0.4) is 0 Å². The second-order valence-corrected chi connectivity index (χ2v) is 5.73. The first kappa shape index (κ1) is 27.4. The molecule has 11 nitrogen and oxygen atoms in total. The second kappa shape index (κ2) is 15.3. The van der Waals surface area contributed by atoms with Crippen LogP contribution < -0.4 is 11.2 Å². The summed E-state index contributed by atoms with van der Waals surface area (Å²) in [6.07, 6.45) is -6.16. The van der Waals surface area contributed by atoms with E-state index in [-0.39, 0.29) is 36.0 Å². The zero-order chi connectivity index (χ0) is 21.9. The normalized spacial score (nSPS) is 16.1. The van der Waals surface area contributed by atoms with Gasteiger partial charge in [0, 0.05) is 29.6 Å². The number of aliphatic hydroxyl groups is 6. The van der Waals surface area contributed by atoms with Gasteiger partial charge in [-0.15, -0.1) is 0 Å². The number of carboxylic acids is 1. The van der Waals surface area contributed by atoms with Gasteiger partial charge in [0.1, 0.15) is 30.5 Å². The van der Waals surface area contributed by atoms with Gasteiger partial charge in [0.05, 0.1) is 13.2 Å². The van der Waals surface area contributed by atoms with Gasteiger partial charge in [-0.25, -0.2) is 0 Å². The van der Waals surface area contributed by atoms with Crippen molar-refractivity contribution in [2.45, 2.75) is 36.9 Å². The Balaban J connectivity index is 0. The maximum atomic E-state index is 10.9. The van der Waals surface area contributed by atoms with E-state index in [1.54, 1.807) is 12.1 Å². The second-order valence-electron chi connectivity index (χ2n) is 5.73. The van der Waals surface area contributed by atoms with Gasteiger partial charge in [0.15, 0.2) is 0 Å². The molecule has 0 aliphatic rings. The van der Waals surface area contributed by atoms with Crippen molar-refractivity contribution >= 4 is 48.1 Å². The van der Waals surface area contributed by atoms with Crippen molar-refractivity contribution in [1.29, 1.82) is 1.43 Å². The van der Waals surface area contributed by atoms with Gasteiger partial charge in [-0.2, -0.15) is 0 Å². The fraction of sp³-hybridized carbons (Fsp3) is 0.533. The van der Waals surface area contributed by atoms with E-state index in [2.05, 4.69) is 5.11 Å². The van der Waals surface area contributed by atoms with E-state index < -0.39 is 56.8 Å². The first-order valence-electron chi connectivity index (χ1n) is 8.31. The molecule has 11 N–H and O–H groups in total. The van der Waals surface area contributed by atoms with E-state index >= 15 is 0 Å². The molecule has 0 aliphatic heterocycles. The predicted molar refractivity (Wildman–Crippen MR) is 99.5 cm³/mol. The molecule has 13 heteroatoms. The average Bonchev–Trinajstić information content (AvgIpc) is 2.71. The van der Waals surface area contributed by atoms with Crippen molar-refractivity contribution in [3.8, 4) is 0 Å². The minimum Gasteiger partial charge on any atom is -0.480 e. The summed E-state index contributed by atoms with van der Waals surface area (Å²) in [7, 11) is -1.51. The molecule has 1 aromatic rings. The predicted octanol–water partition coefficient (Wildman–Crippen LogP) is -5.65. The minimum atomic E-state index is -1.67. The van der Waals surface area contributed by atoms with Crippen LogP contribution in [0.15, 0.2) is 24.3 Å². The van der Waals surface area contributed by atoms with Gasteiger partial charge in [-0.1, -0.05) is 24.3 Å². The number of nitrogens with two attached hydrogens (primary N) is 1. The van der Waals surface area contributed by atoms with Gasteiger partial charge >= 0.3 is 13.1 Å². The number of aliphatic hydroxyl groups excluding tert-OH is 6. The van der Waals surface area contributed by atoms with Gasteiger partial charge in [0.25, 0.3) is 1.43 Å². The molecule has 0 aliphatic carbocycles. The van der Waals surface area contributed by atoms with E-state index in [4.69, 9.17) is 47.9 Å². The molecule has 1 rings (SSSR count). The van der Waals surface area contributed by atoms with Crippen molar-refractivity contribution in [3.05, 3.63) is 29.8 Å². The number of benzene rings is 1. The van der Waals surface area contributed by atoms with Crippen molar-refractivity contribution in [2.24, 2.45) is 5.73 Å². The topological polar surface area (TPSA) is 225 Å². The van der Waals surface area contributed by atoms with Crippen molar-refractivity contribution in [1.82, 2.24) is 0 Å². The Kier molecular flexibility index (Phi) is 14.9. The van der Waals surface area contributed by atoms with Gasteiger partial charge in [-0.3, -0.25) is 4.79 Å². The Morgan fingerprint density at radius 3 is 1.75 bits per heavy atom. The molecule has 0 amide bonds. The van der Waals surface area contributed by atoms with Crippen LogP contribution in [0.4, 0.5) is 0 Å².